The zero-order valence-electron chi connectivity index (χ0n) is 11.8. The topological polar surface area (TPSA) is 84.5 Å². The van der Waals surface area contributed by atoms with Crippen molar-refractivity contribution in [3.05, 3.63) is 72.2 Å². The van der Waals surface area contributed by atoms with E-state index in [2.05, 4.69) is 15.1 Å². The standard InChI is InChI=1S/C16H10FN5O/c17-11-5-6-13(19-10-11)12(9-18)16(23)14-3-1-4-15(21-14)22-8-2-7-20-22/h1-8,10,12H/t12-/m0/s1. The van der Waals surface area contributed by atoms with E-state index in [1.54, 1.807) is 30.6 Å². The minimum atomic E-state index is -1.14. The van der Waals surface area contributed by atoms with Crippen LogP contribution >= 0.6 is 0 Å². The number of hydrogen-bond acceptors (Lipinski definition) is 5. The highest BCUT2D eigenvalue weighted by Gasteiger charge is 2.24. The average Bonchev–Trinajstić information content (AvgIpc) is 3.12. The molecule has 0 unspecified atom stereocenters. The molecule has 0 radical (unpaired) electrons. The monoisotopic (exact) mass is 307 g/mol. The van der Waals surface area contributed by atoms with Gasteiger partial charge in [0.1, 0.15) is 11.5 Å². The minimum absolute atomic E-state index is 0.121. The van der Waals surface area contributed by atoms with Crippen molar-refractivity contribution in [2.75, 3.05) is 0 Å². The molecule has 0 bridgehead atoms. The van der Waals surface area contributed by atoms with Gasteiger partial charge in [0.25, 0.3) is 0 Å². The Balaban J connectivity index is 1.94. The van der Waals surface area contributed by atoms with Crippen molar-refractivity contribution in [1.82, 2.24) is 19.7 Å². The number of hydrogen-bond donors (Lipinski definition) is 0. The zero-order valence-corrected chi connectivity index (χ0v) is 11.8. The Morgan fingerprint density at radius 3 is 2.78 bits per heavy atom. The van der Waals surface area contributed by atoms with Crippen LogP contribution in [0.5, 0.6) is 0 Å². The van der Waals surface area contributed by atoms with Gasteiger partial charge < -0.3 is 0 Å². The Labute approximate surface area is 130 Å². The van der Waals surface area contributed by atoms with E-state index in [1.807, 2.05) is 6.07 Å². The van der Waals surface area contributed by atoms with Crippen LogP contribution in [0.25, 0.3) is 5.82 Å². The first-order valence-electron chi connectivity index (χ1n) is 6.71. The highest BCUT2D eigenvalue weighted by atomic mass is 19.1. The van der Waals surface area contributed by atoms with E-state index >= 15 is 0 Å². The lowest BCUT2D eigenvalue weighted by molar-refractivity contribution is 0.0972. The molecular weight excluding hydrogens is 297 g/mol. The van der Waals surface area contributed by atoms with E-state index in [-0.39, 0.29) is 11.4 Å². The van der Waals surface area contributed by atoms with Crippen LogP contribution in [0.3, 0.4) is 0 Å². The second-order valence-electron chi connectivity index (χ2n) is 4.66. The lowest BCUT2D eigenvalue weighted by atomic mass is 9.98. The molecular formula is C16H10FN5O. The molecule has 3 heterocycles. The fourth-order valence-electron chi connectivity index (χ4n) is 2.06. The third-order valence-electron chi connectivity index (χ3n) is 3.16. The zero-order chi connectivity index (χ0) is 16.2. The predicted octanol–water partition coefficient (Wildman–Crippen LogP) is 2.29. The van der Waals surface area contributed by atoms with E-state index in [1.165, 1.54) is 16.8 Å². The second-order valence-corrected chi connectivity index (χ2v) is 4.66. The number of carbonyl (C=O) groups excluding carboxylic acids is 1. The maximum Gasteiger partial charge on any atom is 0.204 e. The molecule has 0 aliphatic carbocycles. The normalized spacial score (nSPS) is 11.7. The number of rotatable bonds is 4. The third kappa shape index (κ3) is 2.96. The van der Waals surface area contributed by atoms with Crippen LogP contribution in [0, 0.1) is 17.1 Å². The van der Waals surface area contributed by atoms with Crippen LogP contribution in [0.1, 0.15) is 22.1 Å². The van der Waals surface area contributed by atoms with Crippen molar-refractivity contribution < 1.29 is 9.18 Å². The van der Waals surface area contributed by atoms with Gasteiger partial charge >= 0.3 is 0 Å². The van der Waals surface area contributed by atoms with Crippen molar-refractivity contribution in [3.63, 3.8) is 0 Å². The van der Waals surface area contributed by atoms with E-state index in [0.29, 0.717) is 5.82 Å². The molecule has 3 aromatic heterocycles. The van der Waals surface area contributed by atoms with Crippen LogP contribution in [0.15, 0.2) is 55.0 Å². The molecule has 0 aromatic carbocycles. The van der Waals surface area contributed by atoms with E-state index in [0.717, 1.165) is 12.3 Å². The van der Waals surface area contributed by atoms with Crippen LogP contribution < -0.4 is 0 Å². The van der Waals surface area contributed by atoms with Gasteiger partial charge in [0.15, 0.2) is 11.7 Å². The Kier molecular flexibility index (Phi) is 3.89. The molecule has 6 nitrogen and oxygen atoms in total. The van der Waals surface area contributed by atoms with Gasteiger partial charge in [-0.25, -0.2) is 14.1 Å². The maximum atomic E-state index is 12.9. The first kappa shape index (κ1) is 14.5. The van der Waals surface area contributed by atoms with E-state index < -0.39 is 17.5 Å². The maximum absolute atomic E-state index is 12.9. The molecule has 3 aromatic rings. The molecule has 3 rings (SSSR count). The molecule has 0 saturated carbocycles. The number of halogens is 1. The Morgan fingerprint density at radius 2 is 2.13 bits per heavy atom. The summed E-state index contributed by atoms with van der Waals surface area (Å²) in [5.41, 5.74) is 0.306. The molecule has 0 aliphatic heterocycles. The summed E-state index contributed by atoms with van der Waals surface area (Å²) >= 11 is 0. The number of ketones is 1. The number of aromatic nitrogens is 4. The van der Waals surface area contributed by atoms with E-state index in [9.17, 15) is 14.4 Å². The molecule has 0 aliphatic rings. The Bertz CT molecular complexity index is 868. The van der Waals surface area contributed by atoms with Gasteiger partial charge in [0.05, 0.1) is 18.0 Å². The Hall–Kier alpha value is -3.40. The molecule has 0 N–H and O–H groups in total. The van der Waals surface area contributed by atoms with Crippen LogP contribution in [-0.4, -0.2) is 25.5 Å². The summed E-state index contributed by atoms with van der Waals surface area (Å²) in [6.45, 7) is 0. The molecule has 0 amide bonds. The average molecular weight is 307 g/mol. The van der Waals surface area contributed by atoms with Gasteiger partial charge in [0.2, 0.25) is 5.78 Å². The summed E-state index contributed by atoms with van der Waals surface area (Å²) < 4.78 is 14.4. The highest BCUT2D eigenvalue weighted by Crippen LogP contribution is 2.18. The first-order valence-corrected chi connectivity index (χ1v) is 6.71. The summed E-state index contributed by atoms with van der Waals surface area (Å²) in [5.74, 6) is -1.71. The van der Waals surface area contributed by atoms with Gasteiger partial charge in [-0.2, -0.15) is 10.4 Å². The molecule has 112 valence electrons. The number of Topliss-reactive ketones (excluding diaryl/α,β-unsaturated/α-hetero) is 1. The smallest absolute Gasteiger partial charge is 0.204 e. The minimum Gasteiger partial charge on any atom is -0.290 e. The lowest BCUT2D eigenvalue weighted by Gasteiger charge is -2.08. The molecule has 0 saturated heterocycles. The van der Waals surface area contributed by atoms with Gasteiger partial charge in [-0.05, 0) is 30.3 Å². The fraction of sp³-hybridized carbons (Fsp3) is 0.0625. The van der Waals surface area contributed by atoms with Crippen molar-refractivity contribution in [3.8, 4) is 11.9 Å². The largest absolute Gasteiger partial charge is 0.290 e. The van der Waals surface area contributed by atoms with Crippen LogP contribution in [0.2, 0.25) is 0 Å². The molecule has 0 fully saturated rings. The van der Waals surface area contributed by atoms with Crippen molar-refractivity contribution in [1.29, 1.82) is 5.26 Å². The summed E-state index contributed by atoms with van der Waals surface area (Å²) in [4.78, 5) is 20.6. The van der Waals surface area contributed by atoms with Crippen LogP contribution in [-0.2, 0) is 0 Å². The van der Waals surface area contributed by atoms with Crippen molar-refractivity contribution in [2.45, 2.75) is 5.92 Å². The van der Waals surface area contributed by atoms with Gasteiger partial charge in [0, 0.05) is 12.4 Å². The summed E-state index contributed by atoms with van der Waals surface area (Å²) in [6.07, 6.45) is 4.26. The van der Waals surface area contributed by atoms with E-state index in [4.69, 9.17) is 0 Å². The second kappa shape index (κ2) is 6.15. The van der Waals surface area contributed by atoms with Crippen molar-refractivity contribution in [2.24, 2.45) is 0 Å². The summed E-state index contributed by atoms with van der Waals surface area (Å²) in [7, 11) is 0. The van der Waals surface area contributed by atoms with Gasteiger partial charge in [-0.15, -0.1) is 0 Å². The molecule has 23 heavy (non-hydrogen) atoms. The number of carbonyl (C=O) groups is 1. The number of pyridine rings is 2. The highest BCUT2D eigenvalue weighted by molar-refractivity contribution is 6.01. The number of nitriles is 1. The number of nitrogens with zero attached hydrogens (tertiary/aromatic N) is 5. The SMILES string of the molecule is N#C[C@H](C(=O)c1cccc(-n2cccn2)n1)c1ccc(F)cn1. The summed E-state index contributed by atoms with van der Waals surface area (Å²) in [5, 5.41) is 13.3. The Morgan fingerprint density at radius 1 is 1.26 bits per heavy atom. The van der Waals surface area contributed by atoms with Gasteiger partial charge in [-0.1, -0.05) is 6.07 Å². The summed E-state index contributed by atoms with van der Waals surface area (Å²) in [6, 6.07) is 11.0. The molecule has 7 heteroatoms. The third-order valence-corrected chi connectivity index (χ3v) is 3.16. The predicted molar refractivity (Wildman–Crippen MR) is 78.2 cm³/mol. The molecule has 0 spiro atoms. The van der Waals surface area contributed by atoms with Gasteiger partial charge in [-0.3, -0.25) is 9.78 Å². The first-order chi connectivity index (χ1) is 11.2. The lowest BCUT2D eigenvalue weighted by Crippen LogP contribution is -2.15. The quantitative estimate of drug-likeness (QED) is 0.690. The fourth-order valence-corrected chi connectivity index (χ4v) is 2.06. The van der Waals surface area contributed by atoms with Crippen LogP contribution in [0.4, 0.5) is 4.39 Å². The molecule has 1 atom stereocenters. The van der Waals surface area contributed by atoms with Crippen molar-refractivity contribution >= 4 is 5.78 Å².